The molecule has 1 aromatic carbocycles. The van der Waals surface area contributed by atoms with Crippen LogP contribution < -0.4 is 15.9 Å². The van der Waals surface area contributed by atoms with Crippen molar-refractivity contribution in [2.75, 3.05) is 0 Å². The molecular formula is C15H27O9P3. The van der Waals surface area contributed by atoms with Crippen LogP contribution in [0.2, 0.25) is 0 Å². The molecule has 0 spiro atoms. The van der Waals surface area contributed by atoms with Crippen LogP contribution in [0.15, 0.2) is 18.2 Å². The second kappa shape index (κ2) is 9.00. The van der Waals surface area contributed by atoms with E-state index in [1.54, 1.807) is 0 Å². The van der Waals surface area contributed by atoms with Crippen LogP contribution in [0.25, 0.3) is 0 Å². The van der Waals surface area contributed by atoms with Crippen LogP contribution in [-0.2, 0) is 27.3 Å². The predicted octanol–water partition coefficient (Wildman–Crippen LogP) is 2.39. The number of benzene rings is 1. The van der Waals surface area contributed by atoms with Gasteiger partial charge >= 0.3 is 22.8 Å². The van der Waals surface area contributed by atoms with Crippen molar-refractivity contribution in [3.63, 3.8) is 0 Å². The van der Waals surface area contributed by atoms with E-state index in [1.165, 1.54) is 41.5 Å². The molecule has 1 aromatic rings. The molecule has 9 nitrogen and oxygen atoms in total. The minimum absolute atomic E-state index is 0.410. The van der Waals surface area contributed by atoms with Gasteiger partial charge in [0.25, 0.3) is 0 Å². The van der Waals surface area contributed by atoms with Crippen LogP contribution in [0.1, 0.15) is 41.5 Å². The summed E-state index contributed by atoms with van der Waals surface area (Å²) in [6.07, 6.45) is -1.89. The number of hydrogen-bond donors (Lipinski definition) is 3. The topological polar surface area (TPSA) is 140 Å². The smallest absolute Gasteiger partial charge is 0.321 e. The Kier molecular flexibility index (Phi) is 8.23. The Morgan fingerprint density at radius 1 is 0.593 bits per heavy atom. The summed E-state index contributed by atoms with van der Waals surface area (Å²) in [5.74, 6) is 0. The van der Waals surface area contributed by atoms with Crippen molar-refractivity contribution in [3.05, 3.63) is 18.2 Å². The molecular weight excluding hydrogens is 417 g/mol. The molecule has 0 aliphatic heterocycles. The maximum Gasteiger partial charge on any atom is 0.359 e. The summed E-state index contributed by atoms with van der Waals surface area (Å²) in [4.78, 5) is 30.6. The molecule has 156 valence electrons. The van der Waals surface area contributed by atoms with Crippen LogP contribution in [0.5, 0.6) is 0 Å². The average Bonchev–Trinajstić information content (AvgIpc) is 2.42. The van der Waals surface area contributed by atoms with Gasteiger partial charge < -0.3 is 28.3 Å². The maximum atomic E-state index is 12.5. The zero-order valence-corrected chi connectivity index (χ0v) is 18.8. The van der Waals surface area contributed by atoms with Crippen molar-refractivity contribution in [2.45, 2.75) is 59.9 Å². The lowest BCUT2D eigenvalue weighted by Crippen LogP contribution is -2.25. The Hall–Kier alpha value is -0.330. The molecule has 12 heteroatoms. The summed E-state index contributed by atoms with van der Waals surface area (Å²) in [6.45, 7) is 9.20. The van der Waals surface area contributed by atoms with E-state index in [-0.39, 0.29) is 0 Å². The molecule has 27 heavy (non-hydrogen) atoms. The summed E-state index contributed by atoms with van der Waals surface area (Å²) in [5.41, 5.74) is 0. The van der Waals surface area contributed by atoms with Gasteiger partial charge in [-0.15, -0.1) is 0 Å². The normalized spacial score (nSPS) is 19.1. The third-order valence-electron chi connectivity index (χ3n) is 2.93. The van der Waals surface area contributed by atoms with Gasteiger partial charge in [0.2, 0.25) is 0 Å². The first-order valence-corrected chi connectivity index (χ1v) is 13.0. The summed E-state index contributed by atoms with van der Waals surface area (Å²) < 4.78 is 52.6. The summed E-state index contributed by atoms with van der Waals surface area (Å²) in [5, 5.41) is -1.23. The standard InChI is InChI=1S/C15H27O9P3/c1-10(2)22-25(16,17)13-7-14(26(18,19)23-11(3)4)9-15(8-13)27(20,21)24-12(5)6/h7-12H,1-6H3,(H,16,17)(H,18,19)(H,20,21). The van der Waals surface area contributed by atoms with Gasteiger partial charge in [0.05, 0.1) is 34.2 Å². The largest absolute Gasteiger partial charge is 0.359 e. The van der Waals surface area contributed by atoms with Crippen molar-refractivity contribution in [3.8, 4) is 0 Å². The molecule has 0 bridgehead atoms. The first-order chi connectivity index (χ1) is 12.1. The lowest BCUT2D eigenvalue weighted by Gasteiger charge is -2.21. The molecule has 0 saturated heterocycles. The van der Waals surface area contributed by atoms with Crippen LogP contribution >= 0.6 is 22.8 Å². The van der Waals surface area contributed by atoms with Crippen molar-refractivity contribution in [2.24, 2.45) is 0 Å². The van der Waals surface area contributed by atoms with Crippen LogP contribution in [0.4, 0.5) is 0 Å². The first kappa shape index (κ1) is 24.7. The lowest BCUT2D eigenvalue weighted by molar-refractivity contribution is 0.212. The van der Waals surface area contributed by atoms with Crippen LogP contribution in [0.3, 0.4) is 0 Å². The fraction of sp³-hybridized carbons (Fsp3) is 0.600. The van der Waals surface area contributed by atoms with E-state index < -0.39 is 57.0 Å². The highest BCUT2D eigenvalue weighted by Crippen LogP contribution is 2.48. The first-order valence-electron chi connectivity index (χ1n) is 8.27. The van der Waals surface area contributed by atoms with Crippen LogP contribution in [0, 0.1) is 0 Å². The second-order valence-corrected chi connectivity index (χ2v) is 12.0. The molecule has 0 heterocycles. The third kappa shape index (κ3) is 7.21. The number of rotatable bonds is 9. The quantitative estimate of drug-likeness (QED) is 0.490. The zero-order chi connectivity index (χ0) is 21.2. The number of hydrogen-bond acceptors (Lipinski definition) is 6. The van der Waals surface area contributed by atoms with Crippen LogP contribution in [-0.4, -0.2) is 33.0 Å². The molecule has 0 radical (unpaired) electrons. The summed E-state index contributed by atoms with van der Waals surface area (Å²) in [7, 11) is -13.3. The van der Waals surface area contributed by atoms with E-state index in [0.29, 0.717) is 0 Å². The Labute approximate surface area is 159 Å². The molecule has 0 aliphatic carbocycles. The van der Waals surface area contributed by atoms with Gasteiger partial charge in [-0.25, -0.2) is 0 Å². The van der Waals surface area contributed by atoms with Crippen molar-refractivity contribution in [1.82, 2.24) is 0 Å². The lowest BCUT2D eigenvalue weighted by atomic mass is 10.4. The molecule has 3 unspecified atom stereocenters. The van der Waals surface area contributed by atoms with E-state index in [1.807, 2.05) is 0 Å². The van der Waals surface area contributed by atoms with Gasteiger partial charge in [0.15, 0.2) is 0 Å². The molecule has 3 atom stereocenters. The Morgan fingerprint density at radius 3 is 0.926 bits per heavy atom. The van der Waals surface area contributed by atoms with Crippen molar-refractivity contribution in [1.29, 1.82) is 0 Å². The fourth-order valence-corrected chi connectivity index (χ4v) is 6.31. The average molecular weight is 444 g/mol. The highest BCUT2D eigenvalue weighted by Gasteiger charge is 2.35. The van der Waals surface area contributed by atoms with Gasteiger partial charge in [0, 0.05) is 0 Å². The van der Waals surface area contributed by atoms with Gasteiger partial charge in [0.1, 0.15) is 0 Å². The minimum Gasteiger partial charge on any atom is -0.321 e. The van der Waals surface area contributed by atoms with Gasteiger partial charge in [-0.3, -0.25) is 13.7 Å². The van der Waals surface area contributed by atoms with Gasteiger partial charge in [-0.2, -0.15) is 0 Å². The fourth-order valence-electron chi connectivity index (χ4n) is 2.11. The monoisotopic (exact) mass is 444 g/mol. The molecule has 0 saturated carbocycles. The maximum absolute atomic E-state index is 12.5. The Morgan fingerprint density at radius 2 is 0.778 bits per heavy atom. The molecule has 0 amide bonds. The second-order valence-electron chi connectivity index (χ2n) is 6.73. The molecule has 0 aromatic heterocycles. The van der Waals surface area contributed by atoms with Gasteiger partial charge in [-0.05, 0) is 59.7 Å². The highest BCUT2D eigenvalue weighted by molar-refractivity contribution is 7.64. The van der Waals surface area contributed by atoms with E-state index in [9.17, 15) is 28.4 Å². The van der Waals surface area contributed by atoms with E-state index in [4.69, 9.17) is 13.6 Å². The molecule has 0 aliphatic rings. The molecule has 1 rings (SSSR count). The van der Waals surface area contributed by atoms with E-state index >= 15 is 0 Å². The summed E-state index contributed by atoms with van der Waals surface area (Å²) in [6, 6.07) is 2.89. The SMILES string of the molecule is CC(C)OP(=O)(O)c1cc(P(=O)(O)OC(C)C)cc(P(=O)(O)OC(C)C)c1. The Balaban J connectivity index is 3.64. The Bertz CT molecular complexity index is 687. The minimum atomic E-state index is -4.44. The van der Waals surface area contributed by atoms with E-state index in [2.05, 4.69) is 0 Å². The van der Waals surface area contributed by atoms with Crippen molar-refractivity contribution < 1.29 is 41.9 Å². The van der Waals surface area contributed by atoms with E-state index in [0.717, 1.165) is 18.2 Å². The van der Waals surface area contributed by atoms with Gasteiger partial charge in [-0.1, -0.05) is 0 Å². The molecule has 3 N–H and O–H groups in total. The predicted molar refractivity (Wildman–Crippen MR) is 103 cm³/mol. The molecule has 0 fully saturated rings. The summed E-state index contributed by atoms with van der Waals surface area (Å²) >= 11 is 0. The highest BCUT2D eigenvalue weighted by atomic mass is 31.2. The third-order valence-corrected chi connectivity index (χ3v) is 7.78. The zero-order valence-electron chi connectivity index (χ0n) is 16.1. The van der Waals surface area contributed by atoms with Crippen molar-refractivity contribution >= 4 is 38.7 Å².